The van der Waals surface area contributed by atoms with Gasteiger partial charge in [-0.15, -0.1) is 0 Å². The Hall–Kier alpha value is 0.894. The van der Waals surface area contributed by atoms with Crippen LogP contribution in [0.25, 0.3) is 0 Å². The number of hydrogen-bond donors (Lipinski definition) is 0. The van der Waals surface area contributed by atoms with Crippen LogP contribution in [0.2, 0.25) is 12.1 Å². The Labute approximate surface area is 222 Å². The average Bonchev–Trinajstić information content (AvgIpc) is 2.88. The Kier molecular flexibility index (Phi) is 24.9. The first kappa shape index (κ1) is 34.9. The minimum absolute atomic E-state index is 0.906. The van der Waals surface area contributed by atoms with Gasteiger partial charge in [-0.3, -0.25) is 0 Å². The van der Waals surface area contributed by atoms with Gasteiger partial charge >= 0.3 is 17.6 Å². The van der Waals surface area contributed by atoms with Gasteiger partial charge in [0.2, 0.25) is 0 Å². The van der Waals surface area contributed by atoms with Crippen molar-refractivity contribution in [3.8, 4) is 0 Å². The lowest BCUT2D eigenvalue weighted by Gasteiger charge is -2.24. The lowest BCUT2D eigenvalue weighted by atomic mass is 10.1. The maximum Gasteiger partial charge on any atom is 0.500 e. The third kappa shape index (κ3) is 17.4. The number of rotatable bonds is 27. The predicted octanol–water partition coefficient (Wildman–Crippen LogP) is 6.89. The molecule has 206 valence electrons. The van der Waals surface area contributed by atoms with E-state index in [4.69, 9.17) is 26.6 Å². The topological polar surface area (TPSA) is 55.4 Å². The van der Waals surface area contributed by atoms with Gasteiger partial charge in [-0.1, -0.05) is 51.4 Å². The molecular weight excluding hydrogens is 505 g/mol. The molecule has 0 fully saturated rings. The summed E-state index contributed by atoms with van der Waals surface area (Å²) in [6.45, 7) is 0. The van der Waals surface area contributed by atoms with Crippen LogP contribution in [0.15, 0.2) is 0 Å². The summed E-state index contributed by atoms with van der Waals surface area (Å²) in [5.74, 6) is 4.88. The fraction of sp³-hybridized carbons (Fsp3) is 1.00. The second kappa shape index (κ2) is 24.2. The largest absolute Gasteiger partial charge is 0.500 e. The van der Waals surface area contributed by atoms with E-state index in [0.717, 1.165) is 24.9 Å². The summed E-state index contributed by atoms with van der Waals surface area (Å²) in [4.78, 5) is 0. The highest BCUT2D eigenvalue weighted by molar-refractivity contribution is 7.99. The molecule has 0 spiro atoms. The van der Waals surface area contributed by atoms with Crippen molar-refractivity contribution in [2.24, 2.45) is 0 Å². The molecule has 0 bridgehead atoms. The van der Waals surface area contributed by atoms with Crippen LogP contribution >= 0.6 is 23.5 Å². The second-order valence-corrected chi connectivity index (χ2v) is 17.2. The summed E-state index contributed by atoms with van der Waals surface area (Å²) in [7, 11) is 5.42. The van der Waals surface area contributed by atoms with Gasteiger partial charge in [-0.05, 0) is 48.7 Å². The van der Waals surface area contributed by atoms with Gasteiger partial charge in [0.15, 0.2) is 0 Å². The molecule has 0 heterocycles. The SMILES string of the molecule is CO[Si](CCCSCCCCCCCCCCCCSCCC[Si](OC)(OC)OC)(OC)OC. The minimum atomic E-state index is -2.36. The quantitative estimate of drug-likeness (QED) is 0.0798. The van der Waals surface area contributed by atoms with Crippen LogP contribution in [-0.4, -0.2) is 83.3 Å². The standard InChI is InChI=1S/C24H54O6S2Si2/c1-25-33(26-2,27-3)23-17-21-31-19-15-13-11-9-7-8-10-12-14-16-20-32-22-18-24-34(28-4,29-5)30-6/h7-24H2,1-6H3. The van der Waals surface area contributed by atoms with Crippen LogP contribution in [0.4, 0.5) is 0 Å². The highest BCUT2D eigenvalue weighted by Crippen LogP contribution is 2.20. The summed E-state index contributed by atoms with van der Waals surface area (Å²) in [5, 5.41) is 0. The number of thioether (sulfide) groups is 2. The van der Waals surface area contributed by atoms with Crippen molar-refractivity contribution in [2.45, 2.75) is 89.1 Å². The molecule has 0 aromatic heterocycles. The molecule has 0 aliphatic rings. The fourth-order valence-corrected chi connectivity index (χ4v) is 9.80. The molecule has 0 unspecified atom stereocenters. The molecular formula is C24H54O6S2Si2. The number of unbranched alkanes of at least 4 members (excludes halogenated alkanes) is 9. The van der Waals surface area contributed by atoms with Crippen molar-refractivity contribution in [3.63, 3.8) is 0 Å². The molecule has 0 aliphatic carbocycles. The average molecular weight is 559 g/mol. The van der Waals surface area contributed by atoms with Crippen molar-refractivity contribution >= 4 is 41.1 Å². The zero-order valence-electron chi connectivity index (χ0n) is 23.0. The van der Waals surface area contributed by atoms with Crippen molar-refractivity contribution in [1.29, 1.82) is 0 Å². The lowest BCUT2D eigenvalue weighted by Crippen LogP contribution is -2.42. The summed E-state index contributed by atoms with van der Waals surface area (Å²) < 4.78 is 32.8. The third-order valence-corrected chi connectivity index (χ3v) is 14.2. The van der Waals surface area contributed by atoms with Gasteiger partial charge in [-0.25, -0.2) is 0 Å². The van der Waals surface area contributed by atoms with Gasteiger partial charge < -0.3 is 26.6 Å². The summed E-state index contributed by atoms with van der Waals surface area (Å²) >= 11 is 4.11. The zero-order chi connectivity index (χ0) is 25.4. The molecule has 0 aliphatic heterocycles. The van der Waals surface area contributed by atoms with E-state index in [-0.39, 0.29) is 0 Å². The first-order valence-corrected chi connectivity index (χ1v) is 19.2. The first-order valence-electron chi connectivity index (χ1n) is 13.0. The Morgan fingerprint density at radius 3 is 0.853 bits per heavy atom. The smallest absolute Gasteiger partial charge is 0.377 e. The van der Waals surface area contributed by atoms with E-state index < -0.39 is 17.6 Å². The molecule has 0 saturated heterocycles. The predicted molar refractivity (Wildman–Crippen MR) is 153 cm³/mol. The van der Waals surface area contributed by atoms with Gasteiger partial charge in [0.05, 0.1) is 0 Å². The molecule has 10 heteroatoms. The Morgan fingerprint density at radius 1 is 0.353 bits per heavy atom. The monoisotopic (exact) mass is 558 g/mol. The maximum atomic E-state index is 5.47. The zero-order valence-corrected chi connectivity index (χ0v) is 26.6. The molecule has 0 aromatic rings. The molecule has 0 radical (unpaired) electrons. The van der Waals surface area contributed by atoms with Crippen LogP contribution in [0, 0.1) is 0 Å². The first-order chi connectivity index (χ1) is 16.6. The fourth-order valence-electron chi connectivity index (χ4n) is 3.92. The summed E-state index contributed by atoms with van der Waals surface area (Å²) in [6, 6.07) is 1.81. The lowest BCUT2D eigenvalue weighted by molar-refractivity contribution is 0.123. The molecule has 0 atom stereocenters. The number of hydrogen-bond acceptors (Lipinski definition) is 8. The van der Waals surface area contributed by atoms with E-state index >= 15 is 0 Å². The minimum Gasteiger partial charge on any atom is -0.377 e. The molecule has 0 amide bonds. The molecule has 0 N–H and O–H groups in total. The molecule has 34 heavy (non-hydrogen) atoms. The van der Waals surface area contributed by atoms with Crippen LogP contribution in [0.1, 0.15) is 77.0 Å². The van der Waals surface area contributed by atoms with E-state index in [9.17, 15) is 0 Å². The third-order valence-electron chi connectivity index (χ3n) is 6.24. The van der Waals surface area contributed by atoms with E-state index in [1.54, 1.807) is 42.7 Å². The van der Waals surface area contributed by atoms with E-state index in [0.29, 0.717) is 0 Å². The van der Waals surface area contributed by atoms with Crippen molar-refractivity contribution in [1.82, 2.24) is 0 Å². The summed E-state index contributed by atoms with van der Waals surface area (Å²) in [5.41, 5.74) is 0. The normalized spacial score (nSPS) is 12.5. The van der Waals surface area contributed by atoms with Crippen LogP contribution in [-0.2, 0) is 26.6 Å². The molecule has 6 nitrogen and oxygen atoms in total. The molecule has 0 aromatic carbocycles. The summed E-state index contributed by atoms with van der Waals surface area (Å²) in [6.07, 6.45) is 16.0. The van der Waals surface area contributed by atoms with Gasteiger partial charge in [0, 0.05) is 54.7 Å². The van der Waals surface area contributed by atoms with E-state index in [1.807, 2.05) is 0 Å². The Morgan fingerprint density at radius 2 is 0.588 bits per heavy atom. The molecule has 0 saturated carbocycles. The van der Waals surface area contributed by atoms with E-state index in [1.165, 1.54) is 87.2 Å². The molecule has 0 rings (SSSR count). The van der Waals surface area contributed by atoms with Crippen LogP contribution in [0.3, 0.4) is 0 Å². The van der Waals surface area contributed by atoms with Crippen LogP contribution < -0.4 is 0 Å². The van der Waals surface area contributed by atoms with Crippen molar-refractivity contribution in [3.05, 3.63) is 0 Å². The van der Waals surface area contributed by atoms with Gasteiger partial charge in [-0.2, -0.15) is 23.5 Å². The highest BCUT2D eigenvalue weighted by Gasteiger charge is 2.37. The second-order valence-electron chi connectivity index (χ2n) is 8.56. The Bertz CT molecular complexity index is 376. The van der Waals surface area contributed by atoms with Gasteiger partial charge in [0.25, 0.3) is 0 Å². The van der Waals surface area contributed by atoms with Crippen molar-refractivity contribution in [2.75, 3.05) is 65.7 Å². The van der Waals surface area contributed by atoms with Gasteiger partial charge in [0.1, 0.15) is 0 Å². The Balaban J connectivity index is 3.30. The van der Waals surface area contributed by atoms with Crippen molar-refractivity contribution < 1.29 is 26.6 Å². The highest BCUT2D eigenvalue weighted by atomic mass is 32.2. The maximum absolute atomic E-state index is 5.47. The van der Waals surface area contributed by atoms with E-state index in [2.05, 4.69) is 23.5 Å². The van der Waals surface area contributed by atoms with Crippen LogP contribution in [0.5, 0.6) is 0 Å².